The maximum Gasteiger partial charge on any atom is 0.353 e. The van der Waals surface area contributed by atoms with Crippen LogP contribution in [0.2, 0.25) is 0 Å². The first-order valence-corrected chi connectivity index (χ1v) is 5.11. The van der Waals surface area contributed by atoms with Gasteiger partial charge in [0, 0.05) is 0 Å². The second-order valence-corrected chi connectivity index (χ2v) is 4.02. The van der Waals surface area contributed by atoms with Crippen molar-refractivity contribution in [3.63, 3.8) is 0 Å². The maximum absolute atomic E-state index is 10.8. The van der Waals surface area contributed by atoms with Gasteiger partial charge in [0.15, 0.2) is 0 Å². The van der Waals surface area contributed by atoms with Crippen LogP contribution in [-0.2, 0) is 15.0 Å². The fourth-order valence-electron chi connectivity index (χ4n) is 0.536. The highest BCUT2D eigenvalue weighted by Gasteiger charge is 2.06. The molecule has 0 aliphatic carbocycles. The highest BCUT2D eigenvalue weighted by molar-refractivity contribution is 7.91. The number of hydrogen-bond donors (Lipinski definition) is 1. The summed E-state index contributed by atoms with van der Waals surface area (Å²) in [4.78, 5) is 9.64. The molecule has 1 aromatic rings. The predicted octanol–water partition coefficient (Wildman–Crippen LogP) is 0.741. The predicted molar refractivity (Wildman–Crippen MR) is 45.0 cm³/mol. The van der Waals surface area contributed by atoms with Crippen LogP contribution >= 0.6 is 11.3 Å². The van der Waals surface area contributed by atoms with E-state index in [0.29, 0.717) is 5.00 Å². The van der Waals surface area contributed by atoms with E-state index in [4.69, 9.17) is 0 Å². The van der Waals surface area contributed by atoms with Gasteiger partial charge in [-0.25, -0.2) is 4.79 Å². The van der Waals surface area contributed by atoms with Gasteiger partial charge < -0.3 is 0 Å². The molecular formula is C5H4N2O3S2. The molecule has 0 amide bonds. The molecule has 0 saturated heterocycles. The summed E-state index contributed by atoms with van der Waals surface area (Å²) in [6, 6.07) is 3.23. The Morgan fingerprint density at radius 3 is 2.83 bits per heavy atom. The molecule has 7 heteroatoms. The van der Waals surface area contributed by atoms with E-state index in [2.05, 4.69) is 9.12 Å². The minimum atomic E-state index is -3.89. The van der Waals surface area contributed by atoms with E-state index in [1.54, 1.807) is 17.5 Å². The van der Waals surface area contributed by atoms with Gasteiger partial charge in [-0.15, -0.1) is 11.3 Å². The Kier molecular flexibility index (Phi) is 2.59. The zero-order chi connectivity index (χ0) is 9.03. The summed E-state index contributed by atoms with van der Waals surface area (Å²) in [5.41, 5.74) is 0. The average Bonchev–Trinajstić information content (AvgIpc) is 2.38. The molecule has 0 fully saturated rings. The Bertz CT molecular complexity index is 388. The van der Waals surface area contributed by atoms with Gasteiger partial charge >= 0.3 is 10.2 Å². The number of isocyanates is 1. The molecular weight excluding hydrogens is 200 g/mol. The first-order chi connectivity index (χ1) is 5.64. The van der Waals surface area contributed by atoms with Crippen LogP contribution in [0, 0.1) is 0 Å². The van der Waals surface area contributed by atoms with E-state index in [1.165, 1.54) is 11.3 Å². The topological polar surface area (TPSA) is 75.6 Å². The number of rotatable bonds is 3. The number of nitrogens with zero attached hydrogens (tertiary/aromatic N) is 1. The van der Waals surface area contributed by atoms with Gasteiger partial charge in [0.25, 0.3) is 6.08 Å². The number of carbonyl (C=O) groups excluding carboxylic acids is 1. The number of nitrogens with one attached hydrogen (secondary N) is 1. The molecule has 1 N–H and O–H groups in total. The summed E-state index contributed by atoms with van der Waals surface area (Å²) in [5.74, 6) is 0. The van der Waals surface area contributed by atoms with E-state index < -0.39 is 10.2 Å². The molecule has 12 heavy (non-hydrogen) atoms. The summed E-state index contributed by atoms with van der Waals surface area (Å²) in [6.07, 6.45) is 0.950. The van der Waals surface area contributed by atoms with Crippen LogP contribution in [0.3, 0.4) is 0 Å². The molecule has 5 nitrogen and oxygen atoms in total. The van der Waals surface area contributed by atoms with Gasteiger partial charge in [-0.3, -0.25) is 4.72 Å². The molecule has 64 valence electrons. The standard InChI is InChI=1S/C5H4N2O3S2/c8-4-6-12(9,10)7-5-2-1-3-11-5/h1-3,7H. The Balaban J connectivity index is 2.83. The maximum atomic E-state index is 10.8. The summed E-state index contributed by atoms with van der Waals surface area (Å²) in [5, 5.41) is 2.11. The van der Waals surface area contributed by atoms with Crippen LogP contribution in [0.1, 0.15) is 0 Å². The Labute approximate surface area is 72.9 Å². The van der Waals surface area contributed by atoms with Crippen LogP contribution in [-0.4, -0.2) is 14.5 Å². The second-order valence-electron chi connectivity index (χ2n) is 1.74. The molecule has 0 aliphatic heterocycles. The van der Waals surface area contributed by atoms with Crippen molar-refractivity contribution in [2.75, 3.05) is 4.72 Å². The highest BCUT2D eigenvalue weighted by atomic mass is 32.2. The first kappa shape index (κ1) is 8.92. The smallest absolute Gasteiger partial charge is 0.255 e. The number of thiophene rings is 1. The van der Waals surface area contributed by atoms with Crippen molar-refractivity contribution in [1.82, 2.24) is 0 Å². The van der Waals surface area contributed by atoms with Crippen LogP contribution in [0.5, 0.6) is 0 Å². The third-order valence-electron chi connectivity index (χ3n) is 0.908. The number of hydrogen-bond acceptors (Lipinski definition) is 4. The lowest BCUT2D eigenvalue weighted by Gasteiger charge is -1.95. The largest absolute Gasteiger partial charge is 0.353 e. The van der Waals surface area contributed by atoms with E-state index in [0.717, 1.165) is 6.08 Å². The lowest BCUT2D eigenvalue weighted by Crippen LogP contribution is -2.07. The molecule has 0 unspecified atom stereocenters. The SMILES string of the molecule is O=C=NS(=O)(=O)Nc1cccs1. The third kappa shape index (κ3) is 2.46. The molecule has 1 rings (SSSR count). The van der Waals surface area contributed by atoms with Gasteiger partial charge in [0.1, 0.15) is 5.00 Å². The molecule has 0 atom stereocenters. The fourth-order valence-corrected chi connectivity index (χ4v) is 1.97. The van der Waals surface area contributed by atoms with E-state index >= 15 is 0 Å². The van der Waals surface area contributed by atoms with Crippen LogP contribution in [0.15, 0.2) is 21.9 Å². The highest BCUT2D eigenvalue weighted by Crippen LogP contribution is 2.16. The number of anilines is 1. The van der Waals surface area contributed by atoms with Gasteiger partial charge in [-0.05, 0) is 17.5 Å². The van der Waals surface area contributed by atoms with Gasteiger partial charge in [-0.2, -0.15) is 8.42 Å². The quantitative estimate of drug-likeness (QED) is 0.582. The molecule has 0 radical (unpaired) electrons. The van der Waals surface area contributed by atoms with E-state index in [9.17, 15) is 13.2 Å². The van der Waals surface area contributed by atoms with Gasteiger partial charge in [0.05, 0.1) is 0 Å². The second kappa shape index (κ2) is 3.48. The van der Waals surface area contributed by atoms with Crippen molar-refractivity contribution in [3.05, 3.63) is 17.5 Å². The summed E-state index contributed by atoms with van der Waals surface area (Å²) in [7, 11) is -3.89. The van der Waals surface area contributed by atoms with Crippen molar-refractivity contribution < 1.29 is 13.2 Å². The lowest BCUT2D eigenvalue weighted by molar-refractivity contribution is 0.564. The minimum absolute atomic E-state index is 0.411. The van der Waals surface area contributed by atoms with Gasteiger partial charge in [-0.1, -0.05) is 4.40 Å². The van der Waals surface area contributed by atoms with Crippen LogP contribution in [0.25, 0.3) is 0 Å². The molecule has 1 aromatic heterocycles. The Morgan fingerprint density at radius 1 is 1.58 bits per heavy atom. The van der Waals surface area contributed by atoms with E-state index in [-0.39, 0.29) is 0 Å². The van der Waals surface area contributed by atoms with Crippen molar-refractivity contribution in [3.8, 4) is 0 Å². The fraction of sp³-hybridized carbons (Fsp3) is 0. The first-order valence-electron chi connectivity index (χ1n) is 2.79. The third-order valence-corrected chi connectivity index (χ3v) is 2.62. The Morgan fingerprint density at radius 2 is 2.33 bits per heavy atom. The van der Waals surface area contributed by atoms with Crippen LogP contribution in [0.4, 0.5) is 5.00 Å². The zero-order valence-electron chi connectivity index (χ0n) is 5.72. The molecule has 0 aromatic carbocycles. The van der Waals surface area contributed by atoms with Crippen molar-refractivity contribution in [1.29, 1.82) is 0 Å². The zero-order valence-corrected chi connectivity index (χ0v) is 7.35. The van der Waals surface area contributed by atoms with Crippen molar-refractivity contribution >= 4 is 32.6 Å². The normalized spacial score (nSPS) is 10.3. The lowest BCUT2D eigenvalue weighted by atomic mass is 10.6. The summed E-state index contributed by atoms with van der Waals surface area (Å²) < 4.78 is 26.2. The summed E-state index contributed by atoms with van der Waals surface area (Å²) in [6.45, 7) is 0. The van der Waals surface area contributed by atoms with E-state index in [1.807, 2.05) is 0 Å². The molecule has 0 bridgehead atoms. The Hall–Kier alpha value is -1.17. The summed E-state index contributed by atoms with van der Waals surface area (Å²) >= 11 is 1.20. The molecule has 1 heterocycles. The molecule has 0 aliphatic rings. The van der Waals surface area contributed by atoms with Crippen molar-refractivity contribution in [2.45, 2.75) is 0 Å². The minimum Gasteiger partial charge on any atom is -0.255 e. The molecule has 0 spiro atoms. The van der Waals surface area contributed by atoms with Crippen LogP contribution < -0.4 is 4.72 Å². The van der Waals surface area contributed by atoms with Gasteiger partial charge in [0.2, 0.25) is 0 Å². The monoisotopic (exact) mass is 204 g/mol. The average molecular weight is 204 g/mol. The van der Waals surface area contributed by atoms with Crippen molar-refractivity contribution in [2.24, 2.45) is 4.40 Å². The molecule has 0 saturated carbocycles.